The van der Waals surface area contributed by atoms with Gasteiger partial charge in [-0.1, -0.05) is 42.5 Å². The summed E-state index contributed by atoms with van der Waals surface area (Å²) in [6, 6.07) is 25.1. The number of aromatic nitrogens is 2. The standard InChI is InChI=1S/C23H21N3O2/c27-23(24-15-14-22-25-20-8-4-5-9-21(20)26-22)18-10-12-19(13-11-18)28-16-17-6-2-1-3-7-17/h1-13H,14-16H2,(H,24,27)(H,25,26). The molecule has 0 bridgehead atoms. The number of rotatable bonds is 7. The van der Waals surface area contributed by atoms with Gasteiger partial charge in [0.1, 0.15) is 18.2 Å². The molecule has 0 saturated carbocycles. The average molecular weight is 371 g/mol. The van der Waals surface area contributed by atoms with Gasteiger partial charge in [-0.3, -0.25) is 4.79 Å². The molecular formula is C23H21N3O2. The first-order valence-corrected chi connectivity index (χ1v) is 9.26. The fraction of sp³-hybridized carbons (Fsp3) is 0.130. The number of ether oxygens (including phenoxy) is 1. The highest BCUT2D eigenvalue weighted by atomic mass is 16.5. The molecule has 0 aliphatic heterocycles. The van der Waals surface area contributed by atoms with E-state index in [1.807, 2.05) is 66.7 Å². The molecule has 0 aliphatic rings. The van der Waals surface area contributed by atoms with Crippen molar-refractivity contribution in [3.63, 3.8) is 0 Å². The van der Waals surface area contributed by atoms with Crippen molar-refractivity contribution in [3.8, 4) is 5.75 Å². The molecule has 0 radical (unpaired) electrons. The number of amides is 1. The fourth-order valence-corrected chi connectivity index (χ4v) is 2.96. The first-order chi connectivity index (χ1) is 13.8. The molecule has 2 N–H and O–H groups in total. The second-order valence-corrected chi connectivity index (χ2v) is 6.51. The van der Waals surface area contributed by atoms with E-state index in [0.29, 0.717) is 25.1 Å². The van der Waals surface area contributed by atoms with E-state index in [0.717, 1.165) is 28.2 Å². The maximum atomic E-state index is 12.3. The lowest BCUT2D eigenvalue weighted by Crippen LogP contribution is -2.25. The van der Waals surface area contributed by atoms with Crippen LogP contribution < -0.4 is 10.1 Å². The van der Waals surface area contributed by atoms with Crippen LogP contribution in [0.5, 0.6) is 5.75 Å². The molecule has 5 heteroatoms. The summed E-state index contributed by atoms with van der Waals surface area (Å²) in [5, 5.41) is 2.93. The van der Waals surface area contributed by atoms with Crippen molar-refractivity contribution >= 4 is 16.9 Å². The topological polar surface area (TPSA) is 67.0 Å². The van der Waals surface area contributed by atoms with Gasteiger partial charge in [-0.15, -0.1) is 0 Å². The van der Waals surface area contributed by atoms with Gasteiger partial charge in [0.05, 0.1) is 11.0 Å². The molecule has 4 rings (SSSR count). The molecule has 4 aromatic rings. The highest BCUT2D eigenvalue weighted by Gasteiger charge is 2.07. The lowest BCUT2D eigenvalue weighted by atomic mass is 10.2. The van der Waals surface area contributed by atoms with Crippen molar-refractivity contribution in [1.82, 2.24) is 15.3 Å². The Morgan fingerprint density at radius 2 is 1.68 bits per heavy atom. The molecule has 3 aromatic carbocycles. The van der Waals surface area contributed by atoms with Gasteiger partial charge in [-0.05, 0) is 42.0 Å². The maximum Gasteiger partial charge on any atom is 0.251 e. The molecular weight excluding hydrogens is 350 g/mol. The number of nitrogens with one attached hydrogen (secondary N) is 2. The number of carbonyl (C=O) groups excluding carboxylic acids is 1. The summed E-state index contributed by atoms with van der Waals surface area (Å²) < 4.78 is 5.75. The van der Waals surface area contributed by atoms with E-state index in [9.17, 15) is 4.79 Å². The molecule has 0 unspecified atom stereocenters. The third-order valence-electron chi connectivity index (χ3n) is 4.45. The number of H-pyrrole nitrogens is 1. The van der Waals surface area contributed by atoms with Crippen LogP contribution in [0.1, 0.15) is 21.7 Å². The molecule has 0 saturated heterocycles. The zero-order valence-electron chi connectivity index (χ0n) is 15.4. The van der Waals surface area contributed by atoms with E-state index < -0.39 is 0 Å². The zero-order valence-corrected chi connectivity index (χ0v) is 15.4. The van der Waals surface area contributed by atoms with Crippen LogP contribution in [0.3, 0.4) is 0 Å². The molecule has 0 fully saturated rings. The Morgan fingerprint density at radius 1 is 0.929 bits per heavy atom. The van der Waals surface area contributed by atoms with Gasteiger partial charge in [-0.25, -0.2) is 4.98 Å². The SMILES string of the molecule is O=C(NCCc1nc2ccccc2[nH]1)c1ccc(OCc2ccccc2)cc1. The zero-order chi connectivity index (χ0) is 19.2. The van der Waals surface area contributed by atoms with Crippen molar-refractivity contribution in [1.29, 1.82) is 0 Å². The number of para-hydroxylation sites is 2. The molecule has 1 aromatic heterocycles. The normalized spacial score (nSPS) is 10.7. The number of nitrogens with zero attached hydrogens (tertiary/aromatic N) is 1. The predicted octanol–water partition coefficient (Wildman–Crippen LogP) is 4.11. The molecule has 1 amide bonds. The van der Waals surface area contributed by atoms with Gasteiger partial charge in [0.2, 0.25) is 0 Å². The summed E-state index contributed by atoms with van der Waals surface area (Å²) in [6.45, 7) is 1.02. The molecule has 0 spiro atoms. The molecule has 1 heterocycles. The quantitative estimate of drug-likeness (QED) is 0.514. The number of benzene rings is 3. The smallest absolute Gasteiger partial charge is 0.251 e. The van der Waals surface area contributed by atoms with E-state index in [1.54, 1.807) is 12.1 Å². The Labute approximate surface area is 163 Å². The second-order valence-electron chi connectivity index (χ2n) is 6.51. The number of imidazole rings is 1. The Hall–Kier alpha value is -3.60. The highest BCUT2D eigenvalue weighted by molar-refractivity contribution is 5.94. The van der Waals surface area contributed by atoms with Gasteiger partial charge < -0.3 is 15.0 Å². The average Bonchev–Trinajstić information content (AvgIpc) is 3.16. The lowest BCUT2D eigenvalue weighted by molar-refractivity contribution is 0.0954. The minimum absolute atomic E-state index is 0.106. The maximum absolute atomic E-state index is 12.3. The van der Waals surface area contributed by atoms with Gasteiger partial charge in [-0.2, -0.15) is 0 Å². The second kappa shape index (κ2) is 8.39. The summed E-state index contributed by atoms with van der Waals surface area (Å²) in [5.41, 5.74) is 3.66. The van der Waals surface area contributed by atoms with Crippen molar-refractivity contribution in [2.45, 2.75) is 13.0 Å². The van der Waals surface area contributed by atoms with Crippen LogP contribution in [0.4, 0.5) is 0 Å². The summed E-state index contributed by atoms with van der Waals surface area (Å²) in [5.74, 6) is 1.50. The minimum Gasteiger partial charge on any atom is -0.489 e. The van der Waals surface area contributed by atoms with Crippen molar-refractivity contribution in [3.05, 3.63) is 95.8 Å². The van der Waals surface area contributed by atoms with Gasteiger partial charge in [0.25, 0.3) is 5.91 Å². The number of hydrogen-bond donors (Lipinski definition) is 2. The van der Waals surface area contributed by atoms with E-state index in [1.165, 1.54) is 0 Å². The van der Waals surface area contributed by atoms with Gasteiger partial charge >= 0.3 is 0 Å². The molecule has 140 valence electrons. The summed E-state index contributed by atoms with van der Waals surface area (Å²) in [6.07, 6.45) is 0.651. The minimum atomic E-state index is -0.106. The van der Waals surface area contributed by atoms with Crippen molar-refractivity contribution in [2.75, 3.05) is 6.54 Å². The Bertz CT molecular complexity index is 1020. The van der Waals surface area contributed by atoms with Crippen LogP contribution >= 0.6 is 0 Å². The fourth-order valence-electron chi connectivity index (χ4n) is 2.96. The first kappa shape index (κ1) is 17.8. The van der Waals surface area contributed by atoms with Crippen LogP contribution in [0.25, 0.3) is 11.0 Å². The largest absolute Gasteiger partial charge is 0.489 e. The summed E-state index contributed by atoms with van der Waals surface area (Å²) >= 11 is 0. The molecule has 28 heavy (non-hydrogen) atoms. The Kier molecular flexibility index (Phi) is 5.33. The van der Waals surface area contributed by atoms with E-state index in [2.05, 4.69) is 15.3 Å². The van der Waals surface area contributed by atoms with Gasteiger partial charge in [0.15, 0.2) is 0 Å². The number of fused-ring (bicyclic) bond motifs is 1. The Balaban J connectivity index is 1.27. The molecule has 5 nitrogen and oxygen atoms in total. The third kappa shape index (κ3) is 4.38. The van der Waals surface area contributed by atoms with Crippen molar-refractivity contribution < 1.29 is 9.53 Å². The number of carbonyl (C=O) groups is 1. The molecule has 0 aliphatic carbocycles. The van der Waals surface area contributed by atoms with Crippen LogP contribution in [-0.2, 0) is 13.0 Å². The van der Waals surface area contributed by atoms with Crippen LogP contribution in [0.15, 0.2) is 78.9 Å². The van der Waals surface area contributed by atoms with Crippen molar-refractivity contribution in [2.24, 2.45) is 0 Å². The van der Waals surface area contributed by atoms with E-state index in [4.69, 9.17) is 4.74 Å². The van der Waals surface area contributed by atoms with E-state index >= 15 is 0 Å². The van der Waals surface area contributed by atoms with Crippen LogP contribution in [0.2, 0.25) is 0 Å². The highest BCUT2D eigenvalue weighted by Crippen LogP contribution is 2.14. The first-order valence-electron chi connectivity index (χ1n) is 9.26. The Morgan fingerprint density at radius 3 is 2.46 bits per heavy atom. The van der Waals surface area contributed by atoms with Crippen LogP contribution in [-0.4, -0.2) is 22.4 Å². The summed E-state index contributed by atoms with van der Waals surface area (Å²) in [7, 11) is 0. The van der Waals surface area contributed by atoms with Crippen LogP contribution in [0, 0.1) is 0 Å². The monoisotopic (exact) mass is 371 g/mol. The van der Waals surface area contributed by atoms with Gasteiger partial charge in [0, 0.05) is 18.5 Å². The number of hydrogen-bond acceptors (Lipinski definition) is 3. The number of aromatic amines is 1. The lowest BCUT2D eigenvalue weighted by Gasteiger charge is -2.08. The predicted molar refractivity (Wildman–Crippen MR) is 109 cm³/mol. The third-order valence-corrected chi connectivity index (χ3v) is 4.45. The van der Waals surface area contributed by atoms with E-state index in [-0.39, 0.29) is 5.91 Å². The summed E-state index contributed by atoms with van der Waals surface area (Å²) in [4.78, 5) is 20.1. The molecule has 0 atom stereocenters.